The van der Waals surface area contributed by atoms with Gasteiger partial charge in [0.15, 0.2) is 0 Å². The van der Waals surface area contributed by atoms with Gasteiger partial charge in [-0.25, -0.2) is 14.6 Å². The number of hydrogen-bond donors (Lipinski definition) is 0. The second-order valence-corrected chi connectivity index (χ2v) is 10.2. The van der Waals surface area contributed by atoms with Gasteiger partial charge in [0.05, 0.1) is 6.04 Å². The number of benzene rings is 1. The molecule has 1 saturated heterocycles. The summed E-state index contributed by atoms with van der Waals surface area (Å²) >= 11 is 0. The summed E-state index contributed by atoms with van der Waals surface area (Å²) in [6, 6.07) is 13.4. The molecule has 1 aliphatic heterocycles. The van der Waals surface area contributed by atoms with Gasteiger partial charge in [0.25, 0.3) is 0 Å². The predicted molar refractivity (Wildman–Crippen MR) is 133 cm³/mol. The molecule has 0 radical (unpaired) electrons. The SMILES string of the molecule is CC(C)CN(C(=O)OC(C)(C)C)c1ccc([C@H]2CCCCN2C(=O)OCc2ccccc2)cn1. The molecule has 0 bridgehead atoms. The summed E-state index contributed by atoms with van der Waals surface area (Å²) in [6.45, 7) is 11.1. The summed E-state index contributed by atoms with van der Waals surface area (Å²) < 4.78 is 11.2. The number of carbonyl (C=O) groups is 2. The minimum absolute atomic E-state index is 0.0985. The van der Waals surface area contributed by atoms with Crippen LogP contribution in [0.4, 0.5) is 15.4 Å². The van der Waals surface area contributed by atoms with E-state index in [9.17, 15) is 9.59 Å². The molecular formula is C27H37N3O4. The Morgan fingerprint density at radius 1 is 1.12 bits per heavy atom. The number of nitrogens with zero attached hydrogens (tertiary/aromatic N) is 3. The lowest BCUT2D eigenvalue weighted by atomic mass is 9.97. The first kappa shape index (κ1) is 25.5. The number of hydrogen-bond acceptors (Lipinski definition) is 5. The monoisotopic (exact) mass is 467 g/mol. The van der Waals surface area contributed by atoms with Crippen LogP contribution in [-0.2, 0) is 16.1 Å². The number of carbonyl (C=O) groups excluding carboxylic acids is 2. The molecule has 34 heavy (non-hydrogen) atoms. The summed E-state index contributed by atoms with van der Waals surface area (Å²) in [4.78, 5) is 33.7. The highest BCUT2D eigenvalue weighted by atomic mass is 16.6. The Hall–Kier alpha value is -3.09. The van der Waals surface area contributed by atoms with Gasteiger partial charge in [0.2, 0.25) is 0 Å². The second kappa shape index (κ2) is 11.4. The first-order valence-corrected chi connectivity index (χ1v) is 12.1. The Labute approximate surface area is 203 Å². The summed E-state index contributed by atoms with van der Waals surface area (Å²) in [5, 5.41) is 0. The maximum Gasteiger partial charge on any atom is 0.416 e. The van der Waals surface area contributed by atoms with Gasteiger partial charge in [-0.2, -0.15) is 0 Å². The number of pyridine rings is 1. The maximum absolute atomic E-state index is 12.9. The molecule has 1 fully saturated rings. The number of ether oxygens (including phenoxy) is 2. The first-order chi connectivity index (χ1) is 16.1. The van der Waals surface area contributed by atoms with Gasteiger partial charge in [0, 0.05) is 19.3 Å². The van der Waals surface area contributed by atoms with Gasteiger partial charge in [0.1, 0.15) is 18.0 Å². The van der Waals surface area contributed by atoms with Crippen molar-refractivity contribution in [3.8, 4) is 0 Å². The smallest absolute Gasteiger partial charge is 0.416 e. The molecule has 0 N–H and O–H groups in total. The van der Waals surface area contributed by atoms with E-state index in [0.717, 1.165) is 30.4 Å². The van der Waals surface area contributed by atoms with Crippen molar-refractivity contribution in [3.63, 3.8) is 0 Å². The highest BCUT2D eigenvalue weighted by Crippen LogP contribution is 2.32. The molecule has 1 atom stereocenters. The van der Waals surface area contributed by atoms with Crippen LogP contribution in [0.5, 0.6) is 0 Å². The number of amides is 2. The topological polar surface area (TPSA) is 72.0 Å². The highest BCUT2D eigenvalue weighted by Gasteiger charge is 2.30. The van der Waals surface area contributed by atoms with Crippen molar-refractivity contribution in [2.45, 2.75) is 72.1 Å². The maximum atomic E-state index is 12.9. The lowest BCUT2D eigenvalue weighted by Gasteiger charge is -2.35. The van der Waals surface area contributed by atoms with Gasteiger partial charge in [-0.1, -0.05) is 50.2 Å². The fraction of sp³-hybridized carbons (Fsp3) is 0.519. The molecule has 0 unspecified atom stereocenters. The molecule has 1 aromatic carbocycles. The third kappa shape index (κ3) is 7.20. The minimum atomic E-state index is -0.588. The summed E-state index contributed by atoms with van der Waals surface area (Å²) in [5.41, 5.74) is 1.31. The van der Waals surface area contributed by atoms with E-state index in [1.807, 2.05) is 77.1 Å². The van der Waals surface area contributed by atoms with Crippen LogP contribution in [0.2, 0.25) is 0 Å². The molecule has 0 spiro atoms. The van der Waals surface area contributed by atoms with E-state index in [4.69, 9.17) is 9.47 Å². The van der Waals surface area contributed by atoms with Crippen LogP contribution in [0.1, 0.15) is 71.0 Å². The average Bonchev–Trinajstić information content (AvgIpc) is 2.80. The molecule has 2 amide bonds. The van der Waals surface area contributed by atoms with E-state index < -0.39 is 11.7 Å². The van der Waals surface area contributed by atoms with E-state index in [2.05, 4.69) is 4.98 Å². The van der Waals surface area contributed by atoms with Crippen molar-refractivity contribution in [2.24, 2.45) is 5.92 Å². The lowest BCUT2D eigenvalue weighted by molar-refractivity contribution is 0.0574. The van der Waals surface area contributed by atoms with Crippen molar-refractivity contribution in [2.75, 3.05) is 18.0 Å². The number of anilines is 1. The zero-order valence-electron chi connectivity index (χ0n) is 21.0. The molecule has 184 valence electrons. The molecule has 3 rings (SSSR count). The number of aromatic nitrogens is 1. The summed E-state index contributed by atoms with van der Waals surface area (Å²) in [7, 11) is 0. The largest absolute Gasteiger partial charge is 0.445 e. The molecule has 1 aliphatic rings. The molecular weight excluding hydrogens is 430 g/mol. The van der Waals surface area contributed by atoms with Gasteiger partial charge in [-0.05, 0) is 63.1 Å². The van der Waals surface area contributed by atoms with E-state index in [1.165, 1.54) is 0 Å². The fourth-order valence-corrected chi connectivity index (χ4v) is 4.00. The fourth-order valence-electron chi connectivity index (χ4n) is 4.00. The summed E-state index contributed by atoms with van der Waals surface area (Å²) in [6.07, 6.45) is 3.87. The minimum Gasteiger partial charge on any atom is -0.445 e. The van der Waals surface area contributed by atoms with Crippen LogP contribution in [0.15, 0.2) is 48.7 Å². The molecule has 2 heterocycles. The average molecular weight is 468 g/mol. The van der Waals surface area contributed by atoms with Crippen molar-refractivity contribution in [1.29, 1.82) is 0 Å². The number of piperidine rings is 1. The van der Waals surface area contributed by atoms with Crippen LogP contribution in [-0.4, -0.2) is 40.8 Å². The molecule has 2 aromatic rings. The van der Waals surface area contributed by atoms with E-state index in [1.54, 1.807) is 16.0 Å². The van der Waals surface area contributed by atoms with Crippen LogP contribution in [0.3, 0.4) is 0 Å². The Kier molecular flexibility index (Phi) is 8.53. The Balaban J connectivity index is 1.73. The molecule has 0 aliphatic carbocycles. The number of rotatable bonds is 6. The standard InChI is InChI=1S/C27H37N3O4/c1-20(2)18-30(26(32)34-27(3,4)5)24-15-14-22(17-28-24)23-13-9-10-16-29(23)25(31)33-19-21-11-7-6-8-12-21/h6-8,11-12,14-15,17,20,23H,9-10,13,16,18-19H2,1-5H3/t23-/m1/s1. The normalized spacial score (nSPS) is 16.3. The Morgan fingerprint density at radius 3 is 2.47 bits per heavy atom. The highest BCUT2D eigenvalue weighted by molar-refractivity contribution is 5.86. The van der Waals surface area contributed by atoms with Crippen LogP contribution >= 0.6 is 0 Å². The second-order valence-electron chi connectivity index (χ2n) is 10.2. The number of likely N-dealkylation sites (tertiary alicyclic amines) is 1. The van der Waals surface area contributed by atoms with Crippen molar-refractivity contribution in [3.05, 3.63) is 59.8 Å². The van der Waals surface area contributed by atoms with Gasteiger partial charge >= 0.3 is 12.2 Å². The van der Waals surface area contributed by atoms with Gasteiger partial charge < -0.3 is 14.4 Å². The van der Waals surface area contributed by atoms with Crippen molar-refractivity contribution < 1.29 is 19.1 Å². The molecule has 1 aromatic heterocycles. The third-order valence-corrected chi connectivity index (χ3v) is 5.54. The zero-order valence-corrected chi connectivity index (χ0v) is 21.0. The van der Waals surface area contributed by atoms with Crippen molar-refractivity contribution in [1.82, 2.24) is 9.88 Å². The zero-order chi connectivity index (χ0) is 24.7. The van der Waals surface area contributed by atoms with E-state index >= 15 is 0 Å². The molecule has 7 heteroatoms. The first-order valence-electron chi connectivity index (χ1n) is 12.1. The Bertz CT molecular complexity index is 939. The van der Waals surface area contributed by atoms with Crippen LogP contribution < -0.4 is 4.90 Å². The predicted octanol–water partition coefficient (Wildman–Crippen LogP) is 6.34. The lowest BCUT2D eigenvalue weighted by Crippen LogP contribution is -2.40. The Morgan fingerprint density at radius 2 is 1.85 bits per heavy atom. The van der Waals surface area contributed by atoms with Gasteiger partial charge in [-0.15, -0.1) is 0 Å². The third-order valence-electron chi connectivity index (χ3n) is 5.54. The quantitative estimate of drug-likeness (QED) is 0.495. The van der Waals surface area contributed by atoms with Gasteiger partial charge in [-0.3, -0.25) is 4.90 Å². The van der Waals surface area contributed by atoms with Crippen LogP contribution in [0, 0.1) is 5.92 Å². The van der Waals surface area contributed by atoms with E-state index in [-0.39, 0.29) is 24.7 Å². The van der Waals surface area contributed by atoms with Crippen molar-refractivity contribution >= 4 is 18.0 Å². The molecule has 0 saturated carbocycles. The van der Waals surface area contributed by atoms with E-state index in [0.29, 0.717) is 18.9 Å². The van der Waals surface area contributed by atoms with Crippen LogP contribution in [0.25, 0.3) is 0 Å². The summed E-state index contributed by atoms with van der Waals surface area (Å²) in [5.74, 6) is 0.794. The molecule has 7 nitrogen and oxygen atoms in total.